The fraction of sp³-hybridized carbons (Fsp3) is 0.250. The lowest BCUT2D eigenvalue weighted by molar-refractivity contribution is 0.719. The summed E-state index contributed by atoms with van der Waals surface area (Å²) in [6.07, 6.45) is 2.40. The summed E-state index contributed by atoms with van der Waals surface area (Å²) in [6.45, 7) is 1.07. The average Bonchev–Trinajstić information content (AvgIpc) is 2.92. The minimum absolute atomic E-state index is 0.448. The number of hydrogen-bond donors (Lipinski definition) is 2. The number of rotatable bonds is 2. The smallest absolute Gasteiger partial charge is 0.0568 e. The van der Waals surface area contributed by atoms with Crippen LogP contribution in [-0.4, -0.2) is 6.54 Å². The SMILES string of the molecule is Nc1ccc(N2CCCC2c2ccccc2)cc1N. The van der Waals surface area contributed by atoms with E-state index in [1.165, 1.54) is 18.4 Å². The summed E-state index contributed by atoms with van der Waals surface area (Å²) in [6, 6.07) is 17.0. The molecule has 0 aromatic heterocycles. The van der Waals surface area contributed by atoms with Gasteiger partial charge in [0.15, 0.2) is 0 Å². The van der Waals surface area contributed by atoms with Crippen molar-refractivity contribution in [1.29, 1.82) is 0 Å². The van der Waals surface area contributed by atoms with Crippen molar-refractivity contribution < 1.29 is 0 Å². The predicted molar refractivity (Wildman–Crippen MR) is 81.0 cm³/mol. The van der Waals surface area contributed by atoms with Crippen LogP contribution in [0.3, 0.4) is 0 Å². The van der Waals surface area contributed by atoms with Crippen LogP contribution in [0.1, 0.15) is 24.4 Å². The minimum atomic E-state index is 0.448. The Morgan fingerprint density at radius 2 is 1.74 bits per heavy atom. The van der Waals surface area contributed by atoms with Gasteiger partial charge in [-0.3, -0.25) is 0 Å². The molecule has 0 bridgehead atoms. The van der Waals surface area contributed by atoms with Crippen molar-refractivity contribution in [2.45, 2.75) is 18.9 Å². The maximum absolute atomic E-state index is 5.92. The molecule has 0 amide bonds. The van der Waals surface area contributed by atoms with E-state index >= 15 is 0 Å². The topological polar surface area (TPSA) is 55.3 Å². The molecule has 0 aliphatic carbocycles. The van der Waals surface area contributed by atoms with Crippen LogP contribution in [0, 0.1) is 0 Å². The zero-order valence-corrected chi connectivity index (χ0v) is 10.9. The fourth-order valence-electron chi connectivity index (χ4n) is 2.84. The lowest BCUT2D eigenvalue weighted by Crippen LogP contribution is -2.22. The van der Waals surface area contributed by atoms with Gasteiger partial charge in [-0.2, -0.15) is 0 Å². The zero-order chi connectivity index (χ0) is 13.2. The van der Waals surface area contributed by atoms with Crippen molar-refractivity contribution in [2.75, 3.05) is 22.9 Å². The fourth-order valence-corrected chi connectivity index (χ4v) is 2.84. The van der Waals surface area contributed by atoms with Gasteiger partial charge in [0, 0.05) is 12.2 Å². The van der Waals surface area contributed by atoms with E-state index in [9.17, 15) is 0 Å². The molecule has 98 valence electrons. The second-order valence-corrected chi connectivity index (χ2v) is 5.08. The third kappa shape index (κ3) is 2.24. The van der Waals surface area contributed by atoms with Crippen molar-refractivity contribution in [3.8, 4) is 0 Å². The van der Waals surface area contributed by atoms with Crippen LogP contribution in [0.4, 0.5) is 17.1 Å². The molecule has 3 rings (SSSR count). The maximum Gasteiger partial charge on any atom is 0.0568 e. The molecule has 1 heterocycles. The average molecular weight is 253 g/mol. The Kier molecular flexibility index (Phi) is 3.03. The number of benzene rings is 2. The summed E-state index contributed by atoms with van der Waals surface area (Å²) in [5, 5.41) is 0. The Morgan fingerprint density at radius 1 is 0.947 bits per heavy atom. The molecule has 2 aromatic carbocycles. The molecule has 1 unspecified atom stereocenters. The van der Waals surface area contributed by atoms with Crippen molar-refractivity contribution in [3.05, 3.63) is 54.1 Å². The molecule has 1 atom stereocenters. The molecule has 4 N–H and O–H groups in total. The summed E-state index contributed by atoms with van der Waals surface area (Å²) < 4.78 is 0. The van der Waals surface area contributed by atoms with E-state index in [0.29, 0.717) is 17.4 Å². The molecule has 1 fully saturated rings. The number of hydrogen-bond acceptors (Lipinski definition) is 3. The summed E-state index contributed by atoms with van der Waals surface area (Å²) >= 11 is 0. The maximum atomic E-state index is 5.92. The molecule has 0 radical (unpaired) electrons. The van der Waals surface area contributed by atoms with Crippen LogP contribution >= 0.6 is 0 Å². The monoisotopic (exact) mass is 253 g/mol. The van der Waals surface area contributed by atoms with Gasteiger partial charge in [0.1, 0.15) is 0 Å². The van der Waals surface area contributed by atoms with Gasteiger partial charge in [-0.1, -0.05) is 30.3 Å². The first-order valence-electron chi connectivity index (χ1n) is 6.72. The summed E-state index contributed by atoms with van der Waals surface area (Å²) in [5.74, 6) is 0. The van der Waals surface area contributed by atoms with Gasteiger partial charge in [-0.05, 0) is 36.6 Å². The first-order chi connectivity index (χ1) is 9.25. The number of anilines is 3. The predicted octanol–water partition coefficient (Wildman–Crippen LogP) is 3.19. The van der Waals surface area contributed by atoms with E-state index in [4.69, 9.17) is 11.5 Å². The number of nitrogen functional groups attached to an aromatic ring is 2. The normalized spacial score (nSPS) is 18.7. The van der Waals surface area contributed by atoms with E-state index in [-0.39, 0.29) is 0 Å². The van der Waals surface area contributed by atoms with Gasteiger partial charge < -0.3 is 16.4 Å². The molecular weight excluding hydrogens is 234 g/mol. The minimum Gasteiger partial charge on any atom is -0.397 e. The Labute approximate surface area is 113 Å². The first kappa shape index (κ1) is 11.9. The van der Waals surface area contributed by atoms with E-state index in [1.807, 2.05) is 12.1 Å². The second kappa shape index (κ2) is 4.84. The summed E-state index contributed by atoms with van der Waals surface area (Å²) in [5.41, 5.74) is 15.6. The van der Waals surface area contributed by atoms with Gasteiger partial charge >= 0.3 is 0 Å². The van der Waals surface area contributed by atoms with Gasteiger partial charge in [0.05, 0.1) is 17.4 Å². The Balaban J connectivity index is 1.93. The quantitative estimate of drug-likeness (QED) is 0.808. The Bertz CT molecular complexity index is 565. The van der Waals surface area contributed by atoms with Gasteiger partial charge in [0.25, 0.3) is 0 Å². The van der Waals surface area contributed by atoms with E-state index < -0.39 is 0 Å². The number of nitrogens with zero attached hydrogens (tertiary/aromatic N) is 1. The molecular formula is C16H19N3. The van der Waals surface area contributed by atoms with Gasteiger partial charge in [-0.25, -0.2) is 0 Å². The van der Waals surface area contributed by atoms with Crippen LogP contribution in [0.25, 0.3) is 0 Å². The van der Waals surface area contributed by atoms with Crippen LogP contribution in [0.5, 0.6) is 0 Å². The molecule has 0 saturated carbocycles. The summed E-state index contributed by atoms with van der Waals surface area (Å²) in [4.78, 5) is 2.42. The van der Waals surface area contributed by atoms with Crippen LogP contribution in [0.2, 0.25) is 0 Å². The second-order valence-electron chi connectivity index (χ2n) is 5.08. The summed E-state index contributed by atoms with van der Waals surface area (Å²) in [7, 11) is 0. The Hall–Kier alpha value is -2.16. The van der Waals surface area contributed by atoms with Crippen molar-refractivity contribution in [2.24, 2.45) is 0 Å². The highest BCUT2D eigenvalue weighted by molar-refractivity contribution is 5.70. The highest BCUT2D eigenvalue weighted by atomic mass is 15.2. The Morgan fingerprint density at radius 3 is 2.47 bits per heavy atom. The zero-order valence-electron chi connectivity index (χ0n) is 10.9. The first-order valence-corrected chi connectivity index (χ1v) is 6.72. The third-order valence-electron chi connectivity index (χ3n) is 3.84. The highest BCUT2D eigenvalue weighted by Gasteiger charge is 2.26. The molecule has 0 spiro atoms. The van der Waals surface area contributed by atoms with E-state index in [2.05, 4.69) is 41.3 Å². The van der Waals surface area contributed by atoms with Crippen LogP contribution < -0.4 is 16.4 Å². The van der Waals surface area contributed by atoms with Crippen molar-refractivity contribution in [1.82, 2.24) is 0 Å². The molecule has 19 heavy (non-hydrogen) atoms. The lowest BCUT2D eigenvalue weighted by atomic mass is 10.0. The molecule has 1 aliphatic rings. The van der Waals surface area contributed by atoms with Crippen LogP contribution in [0.15, 0.2) is 48.5 Å². The third-order valence-corrected chi connectivity index (χ3v) is 3.84. The molecule has 2 aromatic rings. The molecule has 3 heteroatoms. The standard InChI is InChI=1S/C16H19N3/c17-14-9-8-13(11-15(14)18)19-10-4-7-16(19)12-5-2-1-3-6-12/h1-3,5-6,8-9,11,16H,4,7,10,17-18H2. The van der Waals surface area contributed by atoms with E-state index in [1.54, 1.807) is 0 Å². The molecule has 1 aliphatic heterocycles. The largest absolute Gasteiger partial charge is 0.397 e. The molecule has 3 nitrogen and oxygen atoms in total. The van der Waals surface area contributed by atoms with Crippen molar-refractivity contribution >= 4 is 17.1 Å². The molecule has 1 saturated heterocycles. The van der Waals surface area contributed by atoms with Gasteiger partial charge in [-0.15, -0.1) is 0 Å². The number of nitrogens with two attached hydrogens (primary N) is 2. The van der Waals surface area contributed by atoms with Crippen LogP contribution in [-0.2, 0) is 0 Å². The van der Waals surface area contributed by atoms with Crippen molar-refractivity contribution in [3.63, 3.8) is 0 Å². The van der Waals surface area contributed by atoms with Gasteiger partial charge in [0.2, 0.25) is 0 Å². The van der Waals surface area contributed by atoms with E-state index in [0.717, 1.165) is 12.2 Å². The lowest BCUT2D eigenvalue weighted by Gasteiger charge is -2.27. The highest BCUT2D eigenvalue weighted by Crippen LogP contribution is 2.37.